The molecule has 1 aromatic carbocycles. The van der Waals surface area contributed by atoms with Gasteiger partial charge >= 0.3 is 0 Å². The zero-order chi connectivity index (χ0) is 17.5. The first-order valence-corrected chi connectivity index (χ1v) is 10.2. The van der Waals surface area contributed by atoms with Crippen LogP contribution in [0.15, 0.2) is 40.6 Å². The average Bonchev–Trinajstić information content (AvgIpc) is 3.08. The Labute approximate surface area is 150 Å². The van der Waals surface area contributed by atoms with Crippen LogP contribution in [-0.2, 0) is 15.4 Å². The maximum absolute atomic E-state index is 12.4. The van der Waals surface area contributed by atoms with Gasteiger partial charge in [0.2, 0.25) is 10.0 Å². The standard InChI is InChI=1S/C17H19ClN2O2S2/c1-11-16(12-6-4-5-7-13(12)20-11)17(2,3)10-19-24(21,22)15-9-8-14(18)23-15/h4-9,19-20H,10H2,1-3H3. The number of aromatic nitrogens is 1. The van der Waals surface area contributed by atoms with Crippen molar-refractivity contribution in [3.05, 3.63) is 52.0 Å². The van der Waals surface area contributed by atoms with Crippen LogP contribution in [0, 0.1) is 6.92 Å². The molecule has 7 heteroatoms. The number of hydrogen-bond acceptors (Lipinski definition) is 3. The Morgan fingerprint density at radius 2 is 1.92 bits per heavy atom. The van der Waals surface area contributed by atoms with Gasteiger partial charge in [0.25, 0.3) is 0 Å². The van der Waals surface area contributed by atoms with E-state index >= 15 is 0 Å². The predicted octanol–water partition coefficient (Wildman–Crippen LogP) is 4.45. The number of H-pyrrole nitrogens is 1. The number of sulfonamides is 1. The molecule has 0 spiro atoms. The lowest BCUT2D eigenvalue weighted by Gasteiger charge is -2.26. The first kappa shape index (κ1) is 17.5. The Balaban J connectivity index is 1.89. The SMILES string of the molecule is Cc1[nH]c2ccccc2c1C(C)(C)CNS(=O)(=O)c1ccc(Cl)s1. The van der Waals surface area contributed by atoms with Crippen LogP contribution in [0.3, 0.4) is 0 Å². The first-order chi connectivity index (χ1) is 11.2. The minimum atomic E-state index is -3.56. The van der Waals surface area contributed by atoms with Gasteiger partial charge < -0.3 is 4.98 Å². The van der Waals surface area contributed by atoms with Gasteiger partial charge in [-0.15, -0.1) is 11.3 Å². The molecular formula is C17H19ClN2O2S2. The maximum atomic E-state index is 12.4. The summed E-state index contributed by atoms with van der Waals surface area (Å²) in [5.41, 5.74) is 2.88. The Morgan fingerprint density at radius 3 is 2.58 bits per heavy atom. The third-order valence-electron chi connectivity index (χ3n) is 4.09. The zero-order valence-electron chi connectivity index (χ0n) is 13.7. The van der Waals surface area contributed by atoms with Gasteiger partial charge in [-0.25, -0.2) is 13.1 Å². The predicted molar refractivity (Wildman–Crippen MR) is 101 cm³/mol. The molecule has 0 atom stereocenters. The highest BCUT2D eigenvalue weighted by Crippen LogP contribution is 2.33. The van der Waals surface area contributed by atoms with E-state index in [-0.39, 0.29) is 9.62 Å². The molecule has 0 fully saturated rings. The molecule has 0 aliphatic rings. The van der Waals surface area contributed by atoms with Crippen LogP contribution >= 0.6 is 22.9 Å². The summed E-state index contributed by atoms with van der Waals surface area (Å²) in [6.07, 6.45) is 0. The highest BCUT2D eigenvalue weighted by atomic mass is 35.5. The number of aryl methyl sites for hydroxylation is 1. The molecular weight excluding hydrogens is 364 g/mol. The van der Waals surface area contributed by atoms with Gasteiger partial charge in [0.05, 0.1) is 4.34 Å². The van der Waals surface area contributed by atoms with Crippen LogP contribution in [0.1, 0.15) is 25.1 Å². The molecule has 0 amide bonds. The summed E-state index contributed by atoms with van der Waals surface area (Å²) in [7, 11) is -3.56. The van der Waals surface area contributed by atoms with Crippen molar-refractivity contribution in [3.63, 3.8) is 0 Å². The van der Waals surface area contributed by atoms with E-state index in [1.165, 1.54) is 6.07 Å². The quantitative estimate of drug-likeness (QED) is 0.684. The lowest BCUT2D eigenvalue weighted by molar-refractivity contribution is 0.503. The second-order valence-corrected chi connectivity index (χ2v) is 10.1. The van der Waals surface area contributed by atoms with Gasteiger partial charge in [-0.05, 0) is 30.7 Å². The highest BCUT2D eigenvalue weighted by Gasteiger charge is 2.29. The number of thiophene rings is 1. The fraction of sp³-hybridized carbons (Fsp3) is 0.294. The number of aromatic amines is 1. The molecule has 0 aliphatic heterocycles. The molecule has 0 bridgehead atoms. The van der Waals surface area contributed by atoms with Gasteiger partial charge in [0, 0.05) is 28.6 Å². The maximum Gasteiger partial charge on any atom is 0.250 e. The first-order valence-electron chi connectivity index (χ1n) is 7.53. The molecule has 2 aromatic heterocycles. The van der Waals surface area contributed by atoms with E-state index in [2.05, 4.69) is 15.8 Å². The van der Waals surface area contributed by atoms with Crippen LogP contribution in [-0.4, -0.2) is 19.9 Å². The number of hydrogen-bond donors (Lipinski definition) is 2. The largest absolute Gasteiger partial charge is 0.358 e. The second-order valence-electron chi connectivity index (χ2n) is 6.44. The highest BCUT2D eigenvalue weighted by molar-refractivity contribution is 7.91. The Morgan fingerprint density at radius 1 is 1.21 bits per heavy atom. The molecule has 24 heavy (non-hydrogen) atoms. The summed E-state index contributed by atoms with van der Waals surface area (Å²) < 4.78 is 28.3. The van der Waals surface area contributed by atoms with Gasteiger partial charge in [-0.3, -0.25) is 0 Å². The third kappa shape index (κ3) is 3.24. The van der Waals surface area contributed by atoms with Gasteiger partial charge in [0.15, 0.2) is 0 Å². The number of nitrogens with one attached hydrogen (secondary N) is 2. The monoisotopic (exact) mass is 382 g/mol. The fourth-order valence-corrected chi connectivity index (χ4v) is 5.77. The van der Waals surface area contributed by atoms with E-state index < -0.39 is 10.0 Å². The molecule has 0 saturated heterocycles. The van der Waals surface area contributed by atoms with E-state index in [1.54, 1.807) is 6.07 Å². The molecule has 0 aliphatic carbocycles. The van der Waals surface area contributed by atoms with E-state index in [1.807, 2.05) is 39.0 Å². The van der Waals surface area contributed by atoms with Crippen molar-refractivity contribution in [2.24, 2.45) is 0 Å². The molecule has 3 rings (SSSR count). The minimum Gasteiger partial charge on any atom is -0.358 e. The van der Waals surface area contributed by atoms with E-state index in [0.29, 0.717) is 10.9 Å². The fourth-order valence-electron chi connectivity index (χ4n) is 3.03. The summed E-state index contributed by atoms with van der Waals surface area (Å²) >= 11 is 6.90. The molecule has 0 saturated carbocycles. The lowest BCUT2D eigenvalue weighted by Crippen LogP contribution is -2.36. The normalized spacial score (nSPS) is 12.8. The molecule has 0 radical (unpaired) electrons. The minimum absolute atomic E-state index is 0.235. The van der Waals surface area contributed by atoms with Crippen molar-refractivity contribution in [3.8, 4) is 0 Å². The number of para-hydroxylation sites is 1. The molecule has 128 valence electrons. The van der Waals surface area contributed by atoms with Crippen molar-refractivity contribution in [2.45, 2.75) is 30.4 Å². The third-order valence-corrected chi connectivity index (χ3v) is 7.21. The summed E-state index contributed by atoms with van der Waals surface area (Å²) in [6, 6.07) is 11.2. The van der Waals surface area contributed by atoms with E-state index in [4.69, 9.17) is 11.6 Å². The van der Waals surface area contributed by atoms with Crippen molar-refractivity contribution in [2.75, 3.05) is 6.54 Å². The van der Waals surface area contributed by atoms with Crippen LogP contribution in [0.2, 0.25) is 4.34 Å². The van der Waals surface area contributed by atoms with Crippen molar-refractivity contribution in [1.29, 1.82) is 0 Å². The van der Waals surface area contributed by atoms with E-state index in [9.17, 15) is 8.42 Å². The lowest BCUT2D eigenvalue weighted by atomic mass is 9.83. The molecule has 4 nitrogen and oxygen atoms in total. The number of benzene rings is 1. The Hall–Kier alpha value is -1.34. The summed E-state index contributed by atoms with van der Waals surface area (Å²) in [4.78, 5) is 3.37. The Kier molecular flexibility index (Phi) is 4.51. The number of fused-ring (bicyclic) bond motifs is 1. The second kappa shape index (κ2) is 6.19. The van der Waals surface area contributed by atoms with Crippen molar-refractivity contribution < 1.29 is 8.42 Å². The van der Waals surface area contributed by atoms with Crippen molar-refractivity contribution in [1.82, 2.24) is 9.71 Å². The summed E-state index contributed by atoms with van der Waals surface area (Å²) in [5, 5.41) is 1.12. The molecule has 0 unspecified atom stereocenters. The van der Waals surface area contributed by atoms with E-state index in [0.717, 1.165) is 33.5 Å². The molecule has 3 aromatic rings. The zero-order valence-corrected chi connectivity index (χ0v) is 16.1. The van der Waals surface area contributed by atoms with Gasteiger partial charge in [-0.1, -0.05) is 43.6 Å². The molecule has 2 heterocycles. The van der Waals surface area contributed by atoms with Crippen LogP contribution in [0.25, 0.3) is 10.9 Å². The number of rotatable bonds is 5. The number of halogens is 1. The average molecular weight is 383 g/mol. The Bertz CT molecular complexity index is 987. The van der Waals surface area contributed by atoms with Crippen LogP contribution in [0.4, 0.5) is 0 Å². The summed E-state index contributed by atoms with van der Waals surface area (Å²) in [6.45, 7) is 6.40. The van der Waals surface area contributed by atoms with Crippen LogP contribution < -0.4 is 4.72 Å². The smallest absolute Gasteiger partial charge is 0.250 e. The topological polar surface area (TPSA) is 62.0 Å². The molecule has 2 N–H and O–H groups in total. The summed E-state index contributed by atoms with van der Waals surface area (Å²) in [5.74, 6) is 0. The van der Waals surface area contributed by atoms with Crippen LogP contribution in [0.5, 0.6) is 0 Å². The van der Waals surface area contributed by atoms with Crippen molar-refractivity contribution >= 4 is 43.9 Å². The van der Waals surface area contributed by atoms with Gasteiger partial charge in [0.1, 0.15) is 4.21 Å². The van der Waals surface area contributed by atoms with Gasteiger partial charge in [-0.2, -0.15) is 0 Å².